The highest BCUT2D eigenvalue weighted by Gasteiger charge is 2.26. The molecule has 0 radical (unpaired) electrons. The molecule has 4 heteroatoms. The Morgan fingerprint density at radius 2 is 1.56 bits per heavy atom. The SMILES string of the molecule is CCCCc1ccc(COc2ccc(-c3ccc(C4CCC(CCC)CC4)c(F)c3F)cc2)c(F)c1. The maximum atomic E-state index is 15.1. The van der Waals surface area contributed by atoms with E-state index in [-0.39, 0.29) is 23.9 Å². The van der Waals surface area contributed by atoms with Crippen LogP contribution in [0.2, 0.25) is 0 Å². The molecule has 0 N–H and O–H groups in total. The number of rotatable bonds is 10. The highest BCUT2D eigenvalue weighted by molar-refractivity contribution is 5.65. The lowest BCUT2D eigenvalue weighted by Crippen LogP contribution is -2.14. The highest BCUT2D eigenvalue weighted by Crippen LogP contribution is 2.40. The molecule has 3 aromatic carbocycles. The standard InChI is InChI=1S/C32H37F3O/c1-3-5-7-23-10-13-26(30(33)20-23)21-36-27-16-14-25(15-17-27)29-19-18-28(31(34)32(29)35)24-11-8-22(6-4-2)9-12-24/h10,13-20,22,24H,3-9,11-12,21H2,1-2H3. The minimum atomic E-state index is -0.790. The molecule has 1 fully saturated rings. The van der Waals surface area contributed by atoms with E-state index in [1.54, 1.807) is 48.5 Å². The lowest BCUT2D eigenvalue weighted by molar-refractivity contribution is 0.300. The zero-order chi connectivity index (χ0) is 25.5. The first-order chi connectivity index (χ1) is 17.5. The van der Waals surface area contributed by atoms with Gasteiger partial charge in [-0.05, 0) is 85.3 Å². The molecule has 0 amide bonds. The van der Waals surface area contributed by atoms with Crippen molar-refractivity contribution in [1.29, 1.82) is 0 Å². The first-order valence-corrected chi connectivity index (χ1v) is 13.5. The third kappa shape index (κ3) is 6.32. The van der Waals surface area contributed by atoms with Gasteiger partial charge in [-0.15, -0.1) is 0 Å². The van der Waals surface area contributed by atoms with Crippen LogP contribution >= 0.6 is 0 Å². The predicted octanol–water partition coefficient (Wildman–Crippen LogP) is 9.77. The van der Waals surface area contributed by atoms with Crippen molar-refractivity contribution in [2.75, 3.05) is 0 Å². The van der Waals surface area contributed by atoms with Crippen LogP contribution in [-0.2, 0) is 13.0 Å². The topological polar surface area (TPSA) is 9.23 Å². The zero-order valence-corrected chi connectivity index (χ0v) is 21.5. The summed E-state index contributed by atoms with van der Waals surface area (Å²) in [5, 5.41) is 0. The van der Waals surface area contributed by atoms with Crippen molar-refractivity contribution in [3.8, 4) is 16.9 Å². The van der Waals surface area contributed by atoms with E-state index in [1.165, 1.54) is 12.8 Å². The fourth-order valence-corrected chi connectivity index (χ4v) is 5.41. The predicted molar refractivity (Wildman–Crippen MR) is 141 cm³/mol. The molecule has 36 heavy (non-hydrogen) atoms. The van der Waals surface area contributed by atoms with Gasteiger partial charge in [-0.25, -0.2) is 13.2 Å². The molecular formula is C32H37F3O. The summed E-state index contributed by atoms with van der Waals surface area (Å²) in [5.74, 6) is -0.405. The maximum Gasteiger partial charge on any atom is 0.166 e. The van der Waals surface area contributed by atoms with E-state index in [1.807, 2.05) is 6.07 Å². The van der Waals surface area contributed by atoms with Gasteiger partial charge in [-0.3, -0.25) is 0 Å². The van der Waals surface area contributed by atoms with Gasteiger partial charge >= 0.3 is 0 Å². The molecule has 1 aliphatic carbocycles. The Bertz CT molecular complexity index is 1130. The summed E-state index contributed by atoms with van der Waals surface area (Å²) < 4.78 is 50.3. The van der Waals surface area contributed by atoms with E-state index in [9.17, 15) is 4.39 Å². The third-order valence-electron chi connectivity index (χ3n) is 7.59. The summed E-state index contributed by atoms with van der Waals surface area (Å²) >= 11 is 0. The van der Waals surface area contributed by atoms with E-state index in [2.05, 4.69) is 13.8 Å². The minimum Gasteiger partial charge on any atom is -0.489 e. The molecule has 0 aromatic heterocycles. The zero-order valence-electron chi connectivity index (χ0n) is 21.5. The molecule has 1 aliphatic rings. The number of halogens is 3. The average molecular weight is 495 g/mol. The van der Waals surface area contributed by atoms with Gasteiger partial charge in [0.1, 0.15) is 18.2 Å². The van der Waals surface area contributed by atoms with Gasteiger partial charge in [-0.1, -0.05) is 69.5 Å². The van der Waals surface area contributed by atoms with E-state index in [0.717, 1.165) is 56.4 Å². The summed E-state index contributed by atoms with van der Waals surface area (Å²) in [5.41, 5.74) is 2.83. The van der Waals surface area contributed by atoms with Crippen molar-refractivity contribution in [2.24, 2.45) is 5.92 Å². The Morgan fingerprint density at radius 1 is 0.806 bits per heavy atom. The molecule has 0 saturated heterocycles. The second kappa shape index (κ2) is 12.5. The van der Waals surface area contributed by atoms with Crippen LogP contribution in [0.5, 0.6) is 5.75 Å². The molecule has 1 saturated carbocycles. The summed E-state index contributed by atoms with van der Waals surface area (Å²) in [7, 11) is 0. The molecule has 3 aromatic rings. The van der Waals surface area contributed by atoms with Crippen LogP contribution in [0.25, 0.3) is 11.1 Å². The number of aryl methyl sites for hydroxylation is 1. The van der Waals surface area contributed by atoms with E-state index in [4.69, 9.17) is 4.74 Å². The van der Waals surface area contributed by atoms with Crippen molar-refractivity contribution in [3.63, 3.8) is 0 Å². The van der Waals surface area contributed by atoms with Crippen LogP contribution in [-0.4, -0.2) is 0 Å². The fourth-order valence-electron chi connectivity index (χ4n) is 5.41. The van der Waals surface area contributed by atoms with Crippen LogP contribution in [0.15, 0.2) is 54.6 Å². The van der Waals surface area contributed by atoms with Gasteiger partial charge < -0.3 is 4.74 Å². The van der Waals surface area contributed by atoms with E-state index >= 15 is 8.78 Å². The van der Waals surface area contributed by atoms with Gasteiger partial charge in [0.15, 0.2) is 11.6 Å². The number of benzene rings is 3. The van der Waals surface area contributed by atoms with E-state index in [0.29, 0.717) is 22.4 Å². The van der Waals surface area contributed by atoms with Gasteiger partial charge in [-0.2, -0.15) is 0 Å². The van der Waals surface area contributed by atoms with Crippen LogP contribution in [0.4, 0.5) is 13.2 Å². The Kier molecular flexibility index (Phi) is 9.12. The lowest BCUT2D eigenvalue weighted by Gasteiger charge is -2.29. The monoisotopic (exact) mass is 494 g/mol. The number of unbranched alkanes of at least 4 members (excludes halogenated alkanes) is 1. The average Bonchev–Trinajstić information content (AvgIpc) is 2.90. The summed E-state index contributed by atoms with van der Waals surface area (Å²) in [6.45, 7) is 4.42. The smallest absolute Gasteiger partial charge is 0.166 e. The largest absolute Gasteiger partial charge is 0.489 e. The Morgan fingerprint density at radius 3 is 2.22 bits per heavy atom. The second-order valence-corrected chi connectivity index (χ2v) is 10.2. The summed E-state index contributed by atoms with van der Waals surface area (Å²) in [6, 6.07) is 15.6. The Balaban J connectivity index is 1.39. The van der Waals surface area contributed by atoms with Crippen molar-refractivity contribution in [1.82, 2.24) is 0 Å². The number of hydrogen-bond donors (Lipinski definition) is 0. The fraction of sp³-hybridized carbons (Fsp3) is 0.438. The molecule has 192 valence electrons. The van der Waals surface area contributed by atoms with Crippen molar-refractivity contribution < 1.29 is 17.9 Å². The molecule has 0 aliphatic heterocycles. The first kappa shape index (κ1) is 26.3. The van der Waals surface area contributed by atoms with Crippen LogP contribution in [0.3, 0.4) is 0 Å². The quantitative estimate of drug-likeness (QED) is 0.272. The van der Waals surface area contributed by atoms with Gasteiger partial charge in [0, 0.05) is 11.1 Å². The number of ether oxygens (including phenoxy) is 1. The summed E-state index contributed by atoms with van der Waals surface area (Å²) in [6.07, 6.45) is 9.42. The molecular weight excluding hydrogens is 457 g/mol. The van der Waals surface area contributed by atoms with Crippen molar-refractivity contribution in [3.05, 3.63) is 88.7 Å². The lowest BCUT2D eigenvalue weighted by atomic mass is 9.77. The molecule has 1 nitrogen and oxygen atoms in total. The third-order valence-corrected chi connectivity index (χ3v) is 7.59. The van der Waals surface area contributed by atoms with Crippen LogP contribution < -0.4 is 4.74 Å². The minimum absolute atomic E-state index is 0.0959. The van der Waals surface area contributed by atoms with Gasteiger partial charge in [0.25, 0.3) is 0 Å². The Labute approximate surface area is 213 Å². The first-order valence-electron chi connectivity index (χ1n) is 13.5. The normalized spacial score (nSPS) is 17.8. The molecule has 4 rings (SSSR count). The molecule has 0 unspecified atom stereocenters. The molecule has 0 heterocycles. The van der Waals surface area contributed by atoms with Gasteiger partial charge in [0.2, 0.25) is 0 Å². The Hall–Kier alpha value is -2.75. The molecule has 0 bridgehead atoms. The molecule has 0 atom stereocenters. The van der Waals surface area contributed by atoms with Crippen molar-refractivity contribution in [2.45, 2.75) is 84.2 Å². The highest BCUT2D eigenvalue weighted by atomic mass is 19.2. The van der Waals surface area contributed by atoms with Crippen molar-refractivity contribution >= 4 is 0 Å². The van der Waals surface area contributed by atoms with Gasteiger partial charge in [0.05, 0.1) is 0 Å². The maximum absolute atomic E-state index is 15.1. The van der Waals surface area contributed by atoms with Crippen LogP contribution in [0, 0.1) is 23.4 Å². The van der Waals surface area contributed by atoms with Crippen LogP contribution in [0.1, 0.15) is 87.8 Å². The number of hydrogen-bond acceptors (Lipinski definition) is 1. The second-order valence-electron chi connectivity index (χ2n) is 10.2. The summed E-state index contributed by atoms with van der Waals surface area (Å²) in [4.78, 5) is 0. The molecule has 0 spiro atoms. The van der Waals surface area contributed by atoms with E-state index < -0.39 is 11.6 Å².